The minimum Gasteiger partial charge on any atom is -0.324 e. The predicted octanol–water partition coefficient (Wildman–Crippen LogP) is 4.27. The van der Waals surface area contributed by atoms with E-state index in [1.807, 2.05) is 30.3 Å². The first kappa shape index (κ1) is 14.0. The molecule has 0 bridgehead atoms. The van der Waals surface area contributed by atoms with Gasteiger partial charge in [-0.3, -0.25) is 4.98 Å². The summed E-state index contributed by atoms with van der Waals surface area (Å²) in [6, 6.07) is 14.3. The number of fused-ring (bicyclic) bond motifs is 1. The van der Waals surface area contributed by atoms with Crippen LogP contribution in [0, 0.1) is 5.82 Å². The highest BCUT2D eigenvalue weighted by atomic mass is 35.5. The number of nitrogens with zero attached hydrogens (tertiary/aromatic N) is 1. The molecule has 0 aliphatic heterocycles. The van der Waals surface area contributed by atoms with Crippen LogP contribution in [0.3, 0.4) is 0 Å². The Morgan fingerprint density at radius 1 is 1.14 bits per heavy atom. The van der Waals surface area contributed by atoms with Crippen molar-refractivity contribution in [2.75, 3.05) is 0 Å². The van der Waals surface area contributed by atoms with Crippen LogP contribution in [-0.4, -0.2) is 4.98 Å². The zero-order chi connectivity index (χ0) is 14.8. The highest BCUT2D eigenvalue weighted by Gasteiger charge is 2.12. The lowest BCUT2D eigenvalue weighted by molar-refractivity contribution is 0.626. The van der Waals surface area contributed by atoms with Gasteiger partial charge in [0.1, 0.15) is 5.82 Å². The van der Waals surface area contributed by atoms with Gasteiger partial charge in [-0.05, 0) is 35.7 Å². The fourth-order valence-corrected chi connectivity index (χ4v) is 2.66. The van der Waals surface area contributed by atoms with Gasteiger partial charge in [0.2, 0.25) is 0 Å². The molecule has 0 aliphatic carbocycles. The van der Waals surface area contributed by atoms with E-state index in [2.05, 4.69) is 4.98 Å². The summed E-state index contributed by atoms with van der Waals surface area (Å²) >= 11 is 5.81. The summed E-state index contributed by atoms with van der Waals surface area (Å²) < 4.78 is 13.2. The van der Waals surface area contributed by atoms with E-state index in [4.69, 9.17) is 17.3 Å². The predicted molar refractivity (Wildman–Crippen MR) is 83.8 cm³/mol. The first-order chi connectivity index (χ1) is 10.1. The van der Waals surface area contributed by atoms with Crippen LogP contribution in [0.25, 0.3) is 10.9 Å². The van der Waals surface area contributed by atoms with Crippen molar-refractivity contribution in [3.63, 3.8) is 0 Å². The van der Waals surface area contributed by atoms with Gasteiger partial charge < -0.3 is 5.73 Å². The molecule has 0 fully saturated rings. The lowest BCUT2D eigenvalue weighted by Gasteiger charge is -2.14. The molecule has 1 atom stereocenters. The van der Waals surface area contributed by atoms with Gasteiger partial charge in [-0.25, -0.2) is 4.39 Å². The van der Waals surface area contributed by atoms with Crippen molar-refractivity contribution in [1.82, 2.24) is 4.98 Å². The fourth-order valence-electron chi connectivity index (χ4n) is 2.46. The maximum Gasteiger partial charge on any atom is 0.141 e. The van der Waals surface area contributed by atoms with Gasteiger partial charge in [0.25, 0.3) is 0 Å². The van der Waals surface area contributed by atoms with Crippen molar-refractivity contribution < 1.29 is 4.39 Å². The van der Waals surface area contributed by atoms with E-state index in [-0.39, 0.29) is 11.1 Å². The summed E-state index contributed by atoms with van der Waals surface area (Å²) in [6.07, 6.45) is 2.34. The molecule has 2 N–H and O–H groups in total. The normalized spacial score (nSPS) is 12.5. The average Bonchev–Trinajstić information content (AvgIpc) is 2.50. The number of benzene rings is 2. The first-order valence-corrected chi connectivity index (χ1v) is 7.06. The smallest absolute Gasteiger partial charge is 0.141 e. The third-order valence-electron chi connectivity index (χ3n) is 3.50. The van der Waals surface area contributed by atoms with Crippen LogP contribution in [0.5, 0.6) is 0 Å². The zero-order valence-corrected chi connectivity index (χ0v) is 12.0. The van der Waals surface area contributed by atoms with Gasteiger partial charge >= 0.3 is 0 Å². The van der Waals surface area contributed by atoms with E-state index in [0.717, 1.165) is 22.0 Å². The molecule has 0 radical (unpaired) electrons. The molecule has 0 amide bonds. The van der Waals surface area contributed by atoms with Crippen LogP contribution in [0.1, 0.15) is 17.2 Å². The summed E-state index contributed by atoms with van der Waals surface area (Å²) in [7, 11) is 0. The Bertz CT molecular complexity index is 783. The zero-order valence-electron chi connectivity index (χ0n) is 11.3. The molecular formula is C17H14ClFN2. The lowest BCUT2D eigenvalue weighted by atomic mass is 9.97. The average molecular weight is 301 g/mol. The third kappa shape index (κ3) is 2.89. The number of para-hydroxylation sites is 1. The number of hydrogen-bond donors (Lipinski definition) is 1. The number of aromatic nitrogens is 1. The summed E-state index contributed by atoms with van der Waals surface area (Å²) in [5, 5.41) is 1.18. The molecular weight excluding hydrogens is 287 g/mol. The highest BCUT2D eigenvalue weighted by molar-refractivity contribution is 6.30. The Morgan fingerprint density at radius 3 is 2.76 bits per heavy atom. The summed E-state index contributed by atoms with van der Waals surface area (Å²) in [4.78, 5) is 4.41. The molecule has 4 heteroatoms. The van der Waals surface area contributed by atoms with Crippen molar-refractivity contribution in [2.24, 2.45) is 5.73 Å². The summed E-state index contributed by atoms with van der Waals surface area (Å²) in [6.45, 7) is 0. The molecule has 2 nitrogen and oxygen atoms in total. The second-order valence-electron chi connectivity index (χ2n) is 4.98. The van der Waals surface area contributed by atoms with E-state index >= 15 is 0 Å². The topological polar surface area (TPSA) is 38.9 Å². The van der Waals surface area contributed by atoms with E-state index in [1.54, 1.807) is 18.3 Å². The van der Waals surface area contributed by atoms with Crippen molar-refractivity contribution in [2.45, 2.75) is 12.5 Å². The molecule has 1 heterocycles. The number of pyridine rings is 1. The maximum absolute atomic E-state index is 13.2. The minimum absolute atomic E-state index is 0.121. The SMILES string of the molecule is NC(Cc1ccc(F)c(Cl)c1)c1cccc2cccnc12. The molecule has 106 valence electrons. The Morgan fingerprint density at radius 2 is 1.95 bits per heavy atom. The molecule has 1 unspecified atom stereocenters. The molecule has 3 aromatic rings. The van der Waals surface area contributed by atoms with Crippen LogP contribution < -0.4 is 5.73 Å². The van der Waals surface area contributed by atoms with E-state index in [0.29, 0.717) is 6.42 Å². The van der Waals surface area contributed by atoms with Gasteiger partial charge in [-0.15, -0.1) is 0 Å². The van der Waals surface area contributed by atoms with Gasteiger partial charge in [0.05, 0.1) is 10.5 Å². The highest BCUT2D eigenvalue weighted by Crippen LogP contribution is 2.25. The van der Waals surface area contributed by atoms with Crippen LogP contribution in [0.15, 0.2) is 54.7 Å². The van der Waals surface area contributed by atoms with Crippen LogP contribution in [0.4, 0.5) is 4.39 Å². The van der Waals surface area contributed by atoms with Gasteiger partial charge in [0, 0.05) is 17.6 Å². The second-order valence-corrected chi connectivity index (χ2v) is 5.39. The Labute approximate surface area is 127 Å². The lowest BCUT2D eigenvalue weighted by Crippen LogP contribution is -2.14. The van der Waals surface area contributed by atoms with E-state index in [1.165, 1.54) is 6.07 Å². The summed E-state index contributed by atoms with van der Waals surface area (Å²) in [5.41, 5.74) is 9.09. The largest absolute Gasteiger partial charge is 0.324 e. The van der Waals surface area contributed by atoms with Gasteiger partial charge in [-0.1, -0.05) is 41.9 Å². The standard InChI is InChI=1S/C17H14ClFN2/c18-14-9-11(6-7-15(14)19)10-16(20)13-5-1-3-12-4-2-8-21-17(12)13/h1-9,16H,10,20H2. The Hall–Kier alpha value is -1.97. The van der Waals surface area contributed by atoms with Crippen molar-refractivity contribution >= 4 is 22.5 Å². The molecule has 0 saturated heterocycles. The van der Waals surface area contributed by atoms with Crippen LogP contribution in [0.2, 0.25) is 5.02 Å². The Kier molecular flexibility index (Phi) is 3.86. The molecule has 21 heavy (non-hydrogen) atoms. The molecule has 3 rings (SSSR count). The van der Waals surface area contributed by atoms with Crippen molar-refractivity contribution in [3.8, 4) is 0 Å². The number of halogens is 2. The summed E-state index contributed by atoms with van der Waals surface area (Å²) in [5.74, 6) is -0.416. The quantitative estimate of drug-likeness (QED) is 0.784. The molecule has 2 aromatic carbocycles. The van der Waals surface area contributed by atoms with Gasteiger partial charge in [-0.2, -0.15) is 0 Å². The minimum atomic E-state index is -0.416. The van der Waals surface area contributed by atoms with Gasteiger partial charge in [0.15, 0.2) is 0 Å². The fraction of sp³-hybridized carbons (Fsp3) is 0.118. The second kappa shape index (κ2) is 5.80. The van der Waals surface area contributed by atoms with E-state index < -0.39 is 5.82 Å². The number of rotatable bonds is 3. The molecule has 0 spiro atoms. The van der Waals surface area contributed by atoms with Crippen LogP contribution >= 0.6 is 11.6 Å². The van der Waals surface area contributed by atoms with Crippen molar-refractivity contribution in [3.05, 3.63) is 76.7 Å². The monoisotopic (exact) mass is 300 g/mol. The Balaban J connectivity index is 1.93. The molecule has 0 aliphatic rings. The van der Waals surface area contributed by atoms with Crippen LogP contribution in [-0.2, 0) is 6.42 Å². The van der Waals surface area contributed by atoms with E-state index in [9.17, 15) is 4.39 Å². The molecule has 1 aromatic heterocycles. The molecule has 0 saturated carbocycles. The number of nitrogens with two attached hydrogens (primary N) is 1. The maximum atomic E-state index is 13.2. The van der Waals surface area contributed by atoms with Crippen molar-refractivity contribution in [1.29, 1.82) is 0 Å². The number of hydrogen-bond acceptors (Lipinski definition) is 2. The first-order valence-electron chi connectivity index (χ1n) is 6.68. The third-order valence-corrected chi connectivity index (χ3v) is 3.79.